The van der Waals surface area contributed by atoms with E-state index in [9.17, 15) is 4.79 Å². The molecule has 0 bridgehead atoms. The van der Waals surface area contributed by atoms with E-state index >= 15 is 0 Å². The van der Waals surface area contributed by atoms with Crippen molar-refractivity contribution in [3.05, 3.63) is 30.1 Å². The lowest BCUT2D eigenvalue weighted by atomic mass is 10.0. The minimum atomic E-state index is -0.194. The molecule has 0 fully saturated rings. The summed E-state index contributed by atoms with van der Waals surface area (Å²) in [6.45, 7) is 3.98. The summed E-state index contributed by atoms with van der Waals surface area (Å²) in [6, 6.07) is 3.82. The van der Waals surface area contributed by atoms with Crippen LogP contribution in [0.2, 0.25) is 0 Å². The third-order valence-electron chi connectivity index (χ3n) is 2.76. The Hall–Kier alpha value is -1.42. The van der Waals surface area contributed by atoms with Crippen molar-refractivity contribution in [2.75, 3.05) is 6.61 Å². The molecule has 17 heavy (non-hydrogen) atoms. The SMILES string of the molecule is CC(CCCO)NC(=O)C(C)c1cccnc1. The second-order valence-electron chi connectivity index (χ2n) is 4.28. The number of carbonyl (C=O) groups is 1. The molecule has 0 saturated carbocycles. The van der Waals surface area contributed by atoms with Gasteiger partial charge in [0.25, 0.3) is 0 Å². The number of rotatable bonds is 6. The highest BCUT2D eigenvalue weighted by atomic mass is 16.2. The summed E-state index contributed by atoms with van der Waals surface area (Å²) in [6.07, 6.45) is 4.91. The van der Waals surface area contributed by atoms with E-state index in [4.69, 9.17) is 5.11 Å². The number of nitrogens with zero attached hydrogens (tertiary/aromatic N) is 1. The fraction of sp³-hybridized carbons (Fsp3) is 0.538. The normalized spacial score (nSPS) is 14.1. The molecular formula is C13H20N2O2. The van der Waals surface area contributed by atoms with E-state index in [0.29, 0.717) is 6.42 Å². The van der Waals surface area contributed by atoms with Crippen LogP contribution in [0.4, 0.5) is 0 Å². The van der Waals surface area contributed by atoms with Gasteiger partial charge in [0.05, 0.1) is 5.92 Å². The maximum atomic E-state index is 11.9. The van der Waals surface area contributed by atoms with Gasteiger partial charge < -0.3 is 10.4 Å². The third-order valence-corrected chi connectivity index (χ3v) is 2.76. The fourth-order valence-corrected chi connectivity index (χ4v) is 1.62. The van der Waals surface area contributed by atoms with E-state index in [0.717, 1.165) is 12.0 Å². The fourth-order valence-electron chi connectivity index (χ4n) is 1.62. The highest BCUT2D eigenvalue weighted by Gasteiger charge is 2.16. The molecule has 94 valence electrons. The summed E-state index contributed by atoms with van der Waals surface area (Å²) < 4.78 is 0. The lowest BCUT2D eigenvalue weighted by Crippen LogP contribution is -2.35. The van der Waals surface area contributed by atoms with Crippen LogP contribution in [0.15, 0.2) is 24.5 Å². The van der Waals surface area contributed by atoms with Crippen molar-refractivity contribution in [3.63, 3.8) is 0 Å². The number of aliphatic hydroxyl groups is 1. The summed E-state index contributed by atoms with van der Waals surface area (Å²) >= 11 is 0. The van der Waals surface area contributed by atoms with Gasteiger partial charge in [-0.05, 0) is 38.3 Å². The molecule has 2 atom stereocenters. The molecule has 0 aliphatic carbocycles. The minimum absolute atomic E-state index is 0.00318. The molecule has 0 saturated heterocycles. The highest BCUT2D eigenvalue weighted by Crippen LogP contribution is 2.13. The number of nitrogens with one attached hydrogen (secondary N) is 1. The van der Waals surface area contributed by atoms with Crippen LogP contribution in [0.3, 0.4) is 0 Å². The molecule has 1 aromatic rings. The van der Waals surface area contributed by atoms with Crippen molar-refractivity contribution in [2.24, 2.45) is 0 Å². The standard InChI is InChI=1S/C13H20N2O2/c1-10(5-4-8-16)15-13(17)11(2)12-6-3-7-14-9-12/h3,6-7,9-11,16H,4-5,8H2,1-2H3,(H,15,17). The van der Waals surface area contributed by atoms with Gasteiger partial charge in [-0.15, -0.1) is 0 Å². The minimum Gasteiger partial charge on any atom is -0.396 e. The number of pyridine rings is 1. The number of aliphatic hydroxyl groups excluding tert-OH is 1. The van der Waals surface area contributed by atoms with Crippen molar-refractivity contribution in [1.82, 2.24) is 10.3 Å². The van der Waals surface area contributed by atoms with Gasteiger partial charge in [0.15, 0.2) is 0 Å². The number of carbonyl (C=O) groups excluding carboxylic acids is 1. The average molecular weight is 236 g/mol. The number of amides is 1. The third kappa shape index (κ3) is 4.53. The molecule has 2 unspecified atom stereocenters. The van der Waals surface area contributed by atoms with Gasteiger partial charge in [0, 0.05) is 25.0 Å². The molecule has 2 N–H and O–H groups in total. The Labute approximate surface area is 102 Å². The van der Waals surface area contributed by atoms with Gasteiger partial charge in [-0.25, -0.2) is 0 Å². The van der Waals surface area contributed by atoms with Crippen molar-refractivity contribution >= 4 is 5.91 Å². The Morgan fingerprint density at radius 2 is 2.29 bits per heavy atom. The Balaban J connectivity index is 2.47. The van der Waals surface area contributed by atoms with Crippen LogP contribution < -0.4 is 5.32 Å². The van der Waals surface area contributed by atoms with Gasteiger partial charge in [0.2, 0.25) is 5.91 Å². The zero-order valence-electron chi connectivity index (χ0n) is 10.4. The quantitative estimate of drug-likeness (QED) is 0.786. The molecule has 1 aromatic heterocycles. The molecule has 0 aliphatic rings. The monoisotopic (exact) mass is 236 g/mol. The summed E-state index contributed by atoms with van der Waals surface area (Å²) in [5.74, 6) is -0.191. The number of hydrogen-bond donors (Lipinski definition) is 2. The molecule has 4 nitrogen and oxygen atoms in total. The highest BCUT2D eigenvalue weighted by molar-refractivity contribution is 5.83. The van der Waals surface area contributed by atoms with E-state index in [2.05, 4.69) is 10.3 Å². The summed E-state index contributed by atoms with van der Waals surface area (Å²) in [5, 5.41) is 11.7. The second-order valence-corrected chi connectivity index (χ2v) is 4.28. The molecular weight excluding hydrogens is 216 g/mol. The molecule has 1 heterocycles. The first-order valence-electron chi connectivity index (χ1n) is 5.96. The van der Waals surface area contributed by atoms with E-state index < -0.39 is 0 Å². The lowest BCUT2D eigenvalue weighted by molar-refractivity contribution is -0.122. The van der Waals surface area contributed by atoms with E-state index in [-0.39, 0.29) is 24.5 Å². The maximum absolute atomic E-state index is 11.9. The van der Waals surface area contributed by atoms with E-state index in [1.54, 1.807) is 12.4 Å². The topological polar surface area (TPSA) is 62.2 Å². The first-order chi connectivity index (χ1) is 8.15. The number of aromatic nitrogens is 1. The lowest BCUT2D eigenvalue weighted by Gasteiger charge is -2.17. The molecule has 0 spiro atoms. The smallest absolute Gasteiger partial charge is 0.227 e. The molecule has 1 amide bonds. The van der Waals surface area contributed by atoms with Gasteiger partial charge in [0.1, 0.15) is 0 Å². The first-order valence-corrected chi connectivity index (χ1v) is 5.96. The van der Waals surface area contributed by atoms with Gasteiger partial charge in [-0.3, -0.25) is 9.78 Å². The zero-order valence-corrected chi connectivity index (χ0v) is 10.4. The van der Waals surface area contributed by atoms with Crippen LogP contribution >= 0.6 is 0 Å². The predicted octanol–water partition coefficient (Wildman–Crippen LogP) is 1.46. The van der Waals surface area contributed by atoms with E-state index in [1.165, 1.54) is 0 Å². The summed E-state index contributed by atoms with van der Waals surface area (Å²) in [4.78, 5) is 15.9. The second kappa shape index (κ2) is 7.01. The van der Waals surface area contributed by atoms with Gasteiger partial charge in [-0.2, -0.15) is 0 Å². The maximum Gasteiger partial charge on any atom is 0.227 e. The summed E-state index contributed by atoms with van der Waals surface area (Å²) in [7, 11) is 0. The Kier molecular flexibility index (Phi) is 5.63. The van der Waals surface area contributed by atoms with Crippen molar-refractivity contribution in [2.45, 2.75) is 38.6 Å². The molecule has 4 heteroatoms. The van der Waals surface area contributed by atoms with Crippen molar-refractivity contribution in [1.29, 1.82) is 0 Å². The van der Waals surface area contributed by atoms with Crippen LogP contribution in [0.5, 0.6) is 0 Å². The van der Waals surface area contributed by atoms with Gasteiger partial charge in [-0.1, -0.05) is 6.07 Å². The Bertz CT molecular complexity index is 341. The molecule has 0 aliphatic heterocycles. The van der Waals surface area contributed by atoms with Gasteiger partial charge >= 0.3 is 0 Å². The number of hydrogen-bond acceptors (Lipinski definition) is 3. The first kappa shape index (κ1) is 13.6. The molecule has 1 rings (SSSR count). The zero-order chi connectivity index (χ0) is 12.7. The van der Waals surface area contributed by atoms with Crippen LogP contribution in [-0.2, 0) is 4.79 Å². The molecule has 0 aromatic carbocycles. The summed E-state index contributed by atoms with van der Waals surface area (Å²) in [5.41, 5.74) is 0.916. The van der Waals surface area contributed by atoms with Crippen LogP contribution in [0, 0.1) is 0 Å². The molecule has 0 radical (unpaired) electrons. The van der Waals surface area contributed by atoms with Crippen LogP contribution in [0.25, 0.3) is 0 Å². The van der Waals surface area contributed by atoms with Crippen molar-refractivity contribution < 1.29 is 9.90 Å². The largest absolute Gasteiger partial charge is 0.396 e. The average Bonchev–Trinajstić information content (AvgIpc) is 2.36. The van der Waals surface area contributed by atoms with Crippen molar-refractivity contribution in [3.8, 4) is 0 Å². The predicted molar refractivity (Wildman–Crippen MR) is 66.6 cm³/mol. The van der Waals surface area contributed by atoms with Crippen LogP contribution in [-0.4, -0.2) is 28.6 Å². The van der Waals surface area contributed by atoms with E-state index in [1.807, 2.05) is 26.0 Å². The Morgan fingerprint density at radius 3 is 2.88 bits per heavy atom. The Morgan fingerprint density at radius 1 is 1.53 bits per heavy atom. The van der Waals surface area contributed by atoms with Crippen LogP contribution in [0.1, 0.15) is 38.2 Å².